The van der Waals surface area contributed by atoms with Gasteiger partial charge in [0.15, 0.2) is 0 Å². The first kappa shape index (κ1) is 8.57. The minimum absolute atomic E-state index is 0.259. The highest BCUT2D eigenvalue weighted by molar-refractivity contribution is 5.40. The SMILES string of the molecule is OCC1CCc2c(O)cccc2C1. The van der Waals surface area contributed by atoms with Gasteiger partial charge in [0.1, 0.15) is 5.75 Å². The normalized spacial score (nSPS) is 21.2. The second-order valence-electron chi connectivity index (χ2n) is 3.71. The molecule has 0 saturated heterocycles. The lowest BCUT2D eigenvalue weighted by atomic mass is 9.84. The van der Waals surface area contributed by atoms with Gasteiger partial charge < -0.3 is 10.2 Å². The molecular weight excluding hydrogens is 164 g/mol. The van der Waals surface area contributed by atoms with E-state index in [1.807, 2.05) is 12.1 Å². The van der Waals surface area contributed by atoms with Crippen LogP contribution in [0.15, 0.2) is 18.2 Å². The van der Waals surface area contributed by atoms with Crippen molar-refractivity contribution in [3.63, 3.8) is 0 Å². The summed E-state index contributed by atoms with van der Waals surface area (Å²) in [5.41, 5.74) is 2.28. The smallest absolute Gasteiger partial charge is 0.119 e. The van der Waals surface area contributed by atoms with E-state index in [2.05, 4.69) is 0 Å². The Kier molecular flexibility index (Phi) is 2.23. The topological polar surface area (TPSA) is 40.5 Å². The van der Waals surface area contributed by atoms with Gasteiger partial charge >= 0.3 is 0 Å². The van der Waals surface area contributed by atoms with Crippen molar-refractivity contribution in [3.8, 4) is 5.75 Å². The molecule has 1 aromatic rings. The maximum Gasteiger partial charge on any atom is 0.119 e. The van der Waals surface area contributed by atoms with Gasteiger partial charge in [-0.25, -0.2) is 0 Å². The molecule has 2 rings (SSSR count). The van der Waals surface area contributed by atoms with Crippen molar-refractivity contribution >= 4 is 0 Å². The highest BCUT2D eigenvalue weighted by atomic mass is 16.3. The number of aliphatic hydroxyl groups excluding tert-OH is 1. The zero-order chi connectivity index (χ0) is 9.26. The molecule has 13 heavy (non-hydrogen) atoms. The Labute approximate surface area is 77.8 Å². The Morgan fingerprint density at radius 2 is 2.23 bits per heavy atom. The van der Waals surface area contributed by atoms with Crippen molar-refractivity contribution in [3.05, 3.63) is 29.3 Å². The second kappa shape index (κ2) is 3.38. The standard InChI is InChI=1S/C11H14O2/c12-7-8-4-5-10-9(6-8)2-1-3-11(10)13/h1-3,8,12-13H,4-7H2. The quantitative estimate of drug-likeness (QED) is 0.684. The third kappa shape index (κ3) is 1.54. The van der Waals surface area contributed by atoms with E-state index in [0.29, 0.717) is 11.7 Å². The van der Waals surface area contributed by atoms with Crippen LogP contribution in [0, 0.1) is 5.92 Å². The Morgan fingerprint density at radius 3 is 3.00 bits per heavy atom. The number of rotatable bonds is 1. The summed E-state index contributed by atoms with van der Waals surface area (Å²) in [5, 5.41) is 18.6. The average molecular weight is 178 g/mol. The first-order chi connectivity index (χ1) is 6.31. The van der Waals surface area contributed by atoms with Crippen LogP contribution in [0.5, 0.6) is 5.75 Å². The summed E-state index contributed by atoms with van der Waals surface area (Å²) in [6.45, 7) is 0.259. The monoisotopic (exact) mass is 178 g/mol. The molecular formula is C11H14O2. The van der Waals surface area contributed by atoms with E-state index in [9.17, 15) is 5.11 Å². The van der Waals surface area contributed by atoms with Gasteiger partial charge in [-0.05, 0) is 42.4 Å². The van der Waals surface area contributed by atoms with Crippen LogP contribution in [0.25, 0.3) is 0 Å². The predicted octanol–water partition coefficient (Wildman–Crippen LogP) is 1.49. The van der Waals surface area contributed by atoms with Gasteiger partial charge in [0.05, 0.1) is 0 Å². The molecule has 2 heteroatoms. The fourth-order valence-electron chi connectivity index (χ4n) is 2.02. The van der Waals surface area contributed by atoms with Gasteiger partial charge in [0.2, 0.25) is 0 Å². The number of phenols is 1. The molecule has 0 aromatic heterocycles. The van der Waals surface area contributed by atoms with E-state index in [4.69, 9.17) is 5.11 Å². The number of benzene rings is 1. The molecule has 1 aromatic carbocycles. The van der Waals surface area contributed by atoms with Crippen molar-refractivity contribution < 1.29 is 10.2 Å². The summed E-state index contributed by atoms with van der Waals surface area (Å²) in [7, 11) is 0. The number of phenolic OH excluding ortho intramolecular Hbond substituents is 1. The van der Waals surface area contributed by atoms with E-state index >= 15 is 0 Å². The summed E-state index contributed by atoms with van der Waals surface area (Å²) >= 11 is 0. The minimum atomic E-state index is 0.259. The predicted molar refractivity (Wildman–Crippen MR) is 50.7 cm³/mol. The molecule has 0 spiro atoms. The molecule has 1 atom stereocenters. The first-order valence-electron chi connectivity index (χ1n) is 4.72. The van der Waals surface area contributed by atoms with Gasteiger partial charge in [-0.1, -0.05) is 12.1 Å². The van der Waals surface area contributed by atoms with Crippen molar-refractivity contribution in [1.29, 1.82) is 0 Å². The van der Waals surface area contributed by atoms with Crippen LogP contribution in [0.4, 0.5) is 0 Å². The second-order valence-corrected chi connectivity index (χ2v) is 3.71. The number of fused-ring (bicyclic) bond motifs is 1. The fourth-order valence-corrected chi connectivity index (χ4v) is 2.02. The third-order valence-corrected chi connectivity index (χ3v) is 2.82. The van der Waals surface area contributed by atoms with Crippen molar-refractivity contribution in [1.82, 2.24) is 0 Å². The molecule has 0 bridgehead atoms. The highest BCUT2D eigenvalue weighted by Crippen LogP contribution is 2.30. The number of aliphatic hydroxyl groups is 1. The van der Waals surface area contributed by atoms with Crippen LogP contribution in [-0.2, 0) is 12.8 Å². The van der Waals surface area contributed by atoms with Crippen molar-refractivity contribution in [2.24, 2.45) is 5.92 Å². The fraction of sp³-hybridized carbons (Fsp3) is 0.455. The lowest BCUT2D eigenvalue weighted by molar-refractivity contribution is 0.212. The summed E-state index contributed by atoms with van der Waals surface area (Å²) in [6, 6.07) is 5.64. The Morgan fingerprint density at radius 1 is 1.38 bits per heavy atom. The molecule has 1 unspecified atom stereocenters. The zero-order valence-corrected chi connectivity index (χ0v) is 7.53. The molecule has 0 amide bonds. The summed E-state index contributed by atoms with van der Waals surface area (Å²) < 4.78 is 0. The van der Waals surface area contributed by atoms with E-state index in [-0.39, 0.29) is 6.61 Å². The summed E-state index contributed by atoms with van der Waals surface area (Å²) in [5.74, 6) is 0.795. The van der Waals surface area contributed by atoms with E-state index in [1.54, 1.807) is 6.07 Å². The molecule has 0 saturated carbocycles. The molecule has 2 nitrogen and oxygen atoms in total. The molecule has 1 aliphatic rings. The highest BCUT2D eigenvalue weighted by Gasteiger charge is 2.19. The lowest BCUT2D eigenvalue weighted by Crippen LogP contribution is -2.17. The molecule has 0 fully saturated rings. The van der Waals surface area contributed by atoms with Crippen LogP contribution in [0.2, 0.25) is 0 Å². The Balaban J connectivity index is 2.31. The molecule has 2 N–H and O–H groups in total. The Hall–Kier alpha value is -1.02. The minimum Gasteiger partial charge on any atom is -0.508 e. The van der Waals surface area contributed by atoms with Gasteiger partial charge in [0, 0.05) is 6.61 Å². The molecule has 0 radical (unpaired) electrons. The van der Waals surface area contributed by atoms with E-state index in [1.165, 1.54) is 5.56 Å². The van der Waals surface area contributed by atoms with Gasteiger partial charge in [-0.2, -0.15) is 0 Å². The summed E-state index contributed by atoms with van der Waals surface area (Å²) in [6.07, 6.45) is 2.79. The van der Waals surface area contributed by atoms with Crippen molar-refractivity contribution in [2.75, 3.05) is 6.61 Å². The van der Waals surface area contributed by atoms with Crippen molar-refractivity contribution in [2.45, 2.75) is 19.3 Å². The maximum absolute atomic E-state index is 9.55. The molecule has 70 valence electrons. The zero-order valence-electron chi connectivity index (χ0n) is 7.53. The van der Waals surface area contributed by atoms with Gasteiger partial charge in [-0.3, -0.25) is 0 Å². The number of aromatic hydroxyl groups is 1. The largest absolute Gasteiger partial charge is 0.508 e. The van der Waals surface area contributed by atoms with Gasteiger partial charge in [0.25, 0.3) is 0 Å². The van der Waals surface area contributed by atoms with Gasteiger partial charge in [-0.15, -0.1) is 0 Å². The number of hydrogen-bond acceptors (Lipinski definition) is 2. The van der Waals surface area contributed by atoms with Crippen LogP contribution >= 0.6 is 0 Å². The molecule has 1 aliphatic carbocycles. The lowest BCUT2D eigenvalue weighted by Gasteiger charge is -2.23. The number of hydrogen-bond donors (Lipinski definition) is 2. The Bertz CT molecular complexity index is 307. The van der Waals surface area contributed by atoms with Crippen LogP contribution in [0.3, 0.4) is 0 Å². The van der Waals surface area contributed by atoms with Crippen LogP contribution in [-0.4, -0.2) is 16.8 Å². The average Bonchev–Trinajstić information content (AvgIpc) is 2.18. The molecule has 0 heterocycles. The van der Waals surface area contributed by atoms with Crippen LogP contribution in [0.1, 0.15) is 17.5 Å². The first-order valence-corrected chi connectivity index (χ1v) is 4.72. The van der Waals surface area contributed by atoms with E-state index < -0.39 is 0 Å². The van der Waals surface area contributed by atoms with Crippen LogP contribution < -0.4 is 0 Å². The third-order valence-electron chi connectivity index (χ3n) is 2.82. The molecule has 0 aliphatic heterocycles. The maximum atomic E-state index is 9.55. The summed E-state index contributed by atoms with van der Waals surface area (Å²) in [4.78, 5) is 0. The van der Waals surface area contributed by atoms with E-state index in [0.717, 1.165) is 24.8 Å².